The molecule has 0 atom stereocenters. The number of rotatable bonds is 4. The number of aromatic nitrogens is 3. The Morgan fingerprint density at radius 2 is 1.73 bits per heavy atom. The lowest BCUT2D eigenvalue weighted by molar-refractivity contribution is -0.155. The van der Waals surface area contributed by atoms with Gasteiger partial charge in [0.05, 0.1) is 18.2 Å². The molecule has 1 fully saturated rings. The number of fused-ring (bicyclic) bond motifs is 1. The summed E-state index contributed by atoms with van der Waals surface area (Å²) in [5.41, 5.74) is 0.0332. The number of benzene rings is 1. The molecule has 0 radical (unpaired) electrons. The van der Waals surface area contributed by atoms with Crippen LogP contribution >= 0.6 is 11.3 Å². The van der Waals surface area contributed by atoms with Crippen LogP contribution in [-0.4, -0.2) is 38.7 Å². The summed E-state index contributed by atoms with van der Waals surface area (Å²) in [6, 6.07) is 3.05. The summed E-state index contributed by atoms with van der Waals surface area (Å²) in [5, 5.41) is 6.16. The van der Waals surface area contributed by atoms with Crippen molar-refractivity contribution in [2.45, 2.75) is 57.9 Å². The third kappa shape index (κ3) is 5.39. The van der Waals surface area contributed by atoms with E-state index >= 15 is 0 Å². The van der Waals surface area contributed by atoms with Gasteiger partial charge in [-0.15, -0.1) is 11.3 Å². The molecule has 198 valence electrons. The van der Waals surface area contributed by atoms with E-state index in [1.807, 2.05) is 0 Å². The minimum absolute atomic E-state index is 0.0870. The molecule has 0 spiro atoms. The lowest BCUT2D eigenvalue weighted by Gasteiger charge is -2.31. The van der Waals surface area contributed by atoms with Crippen molar-refractivity contribution < 1.29 is 36.2 Å². The second-order valence-electron chi connectivity index (χ2n) is 9.03. The van der Waals surface area contributed by atoms with E-state index < -0.39 is 29.8 Å². The van der Waals surface area contributed by atoms with Gasteiger partial charge in [-0.1, -0.05) is 0 Å². The molecule has 13 heteroatoms. The van der Waals surface area contributed by atoms with Crippen LogP contribution in [0.25, 0.3) is 0 Å². The Balaban J connectivity index is 1.17. The highest BCUT2D eigenvalue weighted by Gasteiger charge is 2.35. The number of nitrogens with zero attached hydrogens (tertiary/aromatic N) is 4. The van der Waals surface area contributed by atoms with Crippen LogP contribution in [0.3, 0.4) is 0 Å². The molecular weight excluding hydrogens is 519 g/mol. The van der Waals surface area contributed by atoms with E-state index in [9.17, 15) is 26.7 Å². The quantitative estimate of drug-likeness (QED) is 0.430. The summed E-state index contributed by atoms with van der Waals surface area (Å²) >= 11 is 1.42. The van der Waals surface area contributed by atoms with E-state index in [0.717, 1.165) is 27.9 Å². The van der Waals surface area contributed by atoms with Crippen LogP contribution in [0, 0.1) is 18.6 Å². The standard InChI is InChI=1S/C24H23F5N4O3S/c1-13-8-20(24(27,28)29)31-33(13)9-21(34)32-6-4-14(5-7-32)22-30-19(12-37-22)23-35-10-15-16(11-36-23)18(26)3-2-17(15)25/h2-3,8,12,14,23H,4-7,9-11H2,1H3. The van der Waals surface area contributed by atoms with Crippen LogP contribution in [0.15, 0.2) is 23.6 Å². The normalized spacial score (nSPS) is 17.6. The zero-order chi connectivity index (χ0) is 26.3. The second kappa shape index (κ2) is 10.1. The van der Waals surface area contributed by atoms with Gasteiger partial charge in [0.25, 0.3) is 0 Å². The van der Waals surface area contributed by atoms with Gasteiger partial charge >= 0.3 is 6.18 Å². The van der Waals surface area contributed by atoms with Gasteiger partial charge in [0.1, 0.15) is 23.9 Å². The molecule has 0 aliphatic carbocycles. The number of aryl methyl sites for hydroxylation is 1. The third-order valence-electron chi connectivity index (χ3n) is 6.61. The maximum Gasteiger partial charge on any atom is 0.435 e. The zero-order valence-electron chi connectivity index (χ0n) is 19.7. The molecule has 7 nitrogen and oxygen atoms in total. The third-order valence-corrected chi connectivity index (χ3v) is 7.64. The van der Waals surface area contributed by atoms with Crippen LogP contribution in [-0.2, 0) is 40.2 Å². The number of alkyl halides is 3. The number of piperidine rings is 1. The van der Waals surface area contributed by atoms with Crippen molar-refractivity contribution in [2.75, 3.05) is 13.1 Å². The highest BCUT2D eigenvalue weighted by atomic mass is 32.1. The van der Waals surface area contributed by atoms with Crippen molar-refractivity contribution in [1.29, 1.82) is 0 Å². The Hall–Kier alpha value is -2.90. The average molecular weight is 543 g/mol. The fourth-order valence-corrected chi connectivity index (χ4v) is 5.49. The monoisotopic (exact) mass is 542 g/mol. The maximum absolute atomic E-state index is 14.1. The van der Waals surface area contributed by atoms with Crippen molar-refractivity contribution >= 4 is 17.2 Å². The Labute approximate surface area is 212 Å². The van der Waals surface area contributed by atoms with E-state index in [2.05, 4.69) is 10.1 Å². The highest BCUT2D eigenvalue weighted by Crippen LogP contribution is 2.35. The molecule has 1 saturated heterocycles. The van der Waals surface area contributed by atoms with Gasteiger partial charge in [0, 0.05) is 41.2 Å². The minimum Gasteiger partial charge on any atom is -0.342 e. The van der Waals surface area contributed by atoms with Crippen molar-refractivity contribution in [3.63, 3.8) is 0 Å². The molecule has 1 aromatic carbocycles. The first kappa shape index (κ1) is 25.7. The minimum atomic E-state index is -4.56. The zero-order valence-corrected chi connectivity index (χ0v) is 20.5. The molecule has 2 aliphatic heterocycles. The Morgan fingerprint density at radius 1 is 1.11 bits per heavy atom. The Kier molecular flexibility index (Phi) is 7.03. The molecular formula is C24H23F5N4O3S. The second-order valence-corrected chi connectivity index (χ2v) is 9.92. The van der Waals surface area contributed by atoms with Gasteiger partial charge in [-0.05, 0) is 38.0 Å². The summed E-state index contributed by atoms with van der Waals surface area (Å²) in [7, 11) is 0. The van der Waals surface area contributed by atoms with E-state index in [1.165, 1.54) is 18.3 Å². The van der Waals surface area contributed by atoms with Gasteiger partial charge in [-0.3, -0.25) is 9.48 Å². The van der Waals surface area contributed by atoms with Gasteiger partial charge in [-0.2, -0.15) is 18.3 Å². The predicted octanol–water partition coefficient (Wildman–Crippen LogP) is 5.10. The lowest BCUT2D eigenvalue weighted by atomic mass is 9.97. The lowest BCUT2D eigenvalue weighted by Crippen LogP contribution is -2.40. The van der Waals surface area contributed by atoms with E-state index in [4.69, 9.17) is 9.47 Å². The first-order valence-corrected chi connectivity index (χ1v) is 12.5. The van der Waals surface area contributed by atoms with E-state index in [1.54, 1.807) is 10.3 Å². The van der Waals surface area contributed by atoms with Crippen LogP contribution in [0.2, 0.25) is 0 Å². The molecule has 0 N–H and O–H groups in total. The first-order valence-electron chi connectivity index (χ1n) is 11.6. The molecule has 0 saturated carbocycles. The largest absolute Gasteiger partial charge is 0.435 e. The number of thiazole rings is 1. The molecule has 2 aliphatic rings. The molecule has 0 unspecified atom stereocenters. The molecule has 5 rings (SSSR count). The summed E-state index contributed by atoms with van der Waals surface area (Å²) in [6.07, 6.45) is -4.15. The van der Waals surface area contributed by atoms with Crippen LogP contribution in [0.4, 0.5) is 22.0 Å². The molecule has 1 amide bonds. The number of hydrogen-bond donors (Lipinski definition) is 0. The summed E-state index contributed by atoms with van der Waals surface area (Å²) in [4.78, 5) is 19.0. The number of carbonyl (C=O) groups excluding carboxylic acids is 1. The van der Waals surface area contributed by atoms with Gasteiger partial charge in [-0.25, -0.2) is 13.8 Å². The predicted molar refractivity (Wildman–Crippen MR) is 121 cm³/mol. The van der Waals surface area contributed by atoms with Crippen molar-refractivity contribution in [1.82, 2.24) is 19.7 Å². The first-order chi connectivity index (χ1) is 17.6. The maximum atomic E-state index is 14.1. The van der Waals surface area contributed by atoms with Crippen LogP contribution in [0.1, 0.15) is 58.3 Å². The molecule has 2 aromatic heterocycles. The highest BCUT2D eigenvalue weighted by molar-refractivity contribution is 7.09. The number of likely N-dealkylation sites (tertiary alicyclic amines) is 1. The molecule has 0 bridgehead atoms. The molecule has 37 heavy (non-hydrogen) atoms. The van der Waals surface area contributed by atoms with Crippen molar-refractivity contribution in [3.05, 3.63) is 68.4 Å². The smallest absolute Gasteiger partial charge is 0.342 e. The topological polar surface area (TPSA) is 69.5 Å². The fraction of sp³-hybridized carbons (Fsp3) is 0.458. The average Bonchev–Trinajstić information content (AvgIpc) is 3.42. The van der Waals surface area contributed by atoms with Crippen molar-refractivity contribution in [2.24, 2.45) is 0 Å². The molecule has 4 heterocycles. The number of carbonyl (C=O) groups is 1. The Bertz CT molecular complexity index is 1270. The van der Waals surface area contributed by atoms with Crippen LogP contribution < -0.4 is 0 Å². The van der Waals surface area contributed by atoms with Crippen molar-refractivity contribution in [3.8, 4) is 0 Å². The summed E-state index contributed by atoms with van der Waals surface area (Å²) in [6.45, 7) is 1.82. The fourth-order valence-electron chi connectivity index (χ4n) is 4.49. The summed E-state index contributed by atoms with van der Waals surface area (Å²) < 4.78 is 79.3. The van der Waals surface area contributed by atoms with Gasteiger partial charge < -0.3 is 14.4 Å². The summed E-state index contributed by atoms with van der Waals surface area (Å²) in [5.74, 6) is -1.31. The molecule has 3 aromatic rings. The van der Waals surface area contributed by atoms with Crippen LogP contribution in [0.5, 0.6) is 0 Å². The van der Waals surface area contributed by atoms with E-state index in [-0.39, 0.29) is 48.4 Å². The Morgan fingerprint density at radius 3 is 2.30 bits per heavy atom. The van der Waals surface area contributed by atoms with Gasteiger partial charge in [0.15, 0.2) is 5.69 Å². The number of halogens is 5. The SMILES string of the molecule is Cc1cc(C(F)(F)F)nn1CC(=O)N1CCC(c2nc(C3OCc4c(F)ccc(F)c4CO3)cs2)CC1. The number of hydrogen-bond acceptors (Lipinski definition) is 6. The number of ether oxygens (including phenoxy) is 2. The van der Waals surface area contributed by atoms with Gasteiger partial charge in [0.2, 0.25) is 12.2 Å². The van der Waals surface area contributed by atoms with E-state index in [0.29, 0.717) is 31.6 Å². The number of amides is 1.